The summed E-state index contributed by atoms with van der Waals surface area (Å²) < 4.78 is 46.1. The lowest BCUT2D eigenvalue weighted by Gasteiger charge is -2.61. The fourth-order valence-electron chi connectivity index (χ4n) is 12.8. The first kappa shape index (κ1) is 42.7. The first-order valence-corrected chi connectivity index (χ1v) is 21.8. The second-order valence-corrected chi connectivity index (χ2v) is 20.8. The quantitative estimate of drug-likeness (QED) is 0.110. The molecule has 12 nitrogen and oxygen atoms in total. The Kier molecular flexibility index (Phi) is 12.1. The van der Waals surface area contributed by atoms with Crippen LogP contribution in [0.4, 0.5) is 0 Å². The molecule has 3 aliphatic heterocycles. The number of alkyl halides is 3. The molecule has 3 saturated heterocycles. The third kappa shape index (κ3) is 7.84. The molecule has 7 aliphatic rings. The van der Waals surface area contributed by atoms with Crippen LogP contribution in [0.2, 0.25) is 0 Å². The smallest absolute Gasteiger partial charge is 0.359 e. The second kappa shape index (κ2) is 15.9. The summed E-state index contributed by atoms with van der Waals surface area (Å²) in [7, 11) is 0. The molecule has 15 heteroatoms. The number of hydrogen-bond donors (Lipinski definition) is 0. The molecule has 56 heavy (non-hydrogen) atoms. The van der Waals surface area contributed by atoms with Crippen molar-refractivity contribution in [1.82, 2.24) is 0 Å². The lowest BCUT2D eigenvalue weighted by molar-refractivity contribution is -0.321. The maximum atomic E-state index is 13.0. The Balaban J connectivity index is 1.08. The van der Waals surface area contributed by atoms with Crippen molar-refractivity contribution in [2.24, 2.45) is 52.3 Å². The van der Waals surface area contributed by atoms with Crippen LogP contribution >= 0.6 is 34.8 Å². The van der Waals surface area contributed by atoms with Crippen molar-refractivity contribution in [3.63, 3.8) is 0 Å². The van der Waals surface area contributed by atoms with Gasteiger partial charge in [-0.25, -0.2) is 4.79 Å². The van der Waals surface area contributed by atoms with Crippen LogP contribution in [0.1, 0.15) is 113 Å². The molecule has 7 rings (SSSR count). The van der Waals surface area contributed by atoms with Crippen LogP contribution in [0.5, 0.6) is 0 Å². The predicted molar refractivity (Wildman–Crippen MR) is 203 cm³/mol. The third-order valence-corrected chi connectivity index (χ3v) is 15.8. The van der Waals surface area contributed by atoms with Crippen molar-refractivity contribution >= 4 is 58.7 Å². The number of rotatable bonds is 7. The fourth-order valence-corrected chi connectivity index (χ4v) is 13.0. The van der Waals surface area contributed by atoms with Gasteiger partial charge in [0, 0.05) is 33.1 Å². The van der Waals surface area contributed by atoms with Gasteiger partial charge in [-0.1, -0.05) is 62.5 Å². The number of carbonyl (C=O) groups is 4. The zero-order valence-corrected chi connectivity index (χ0v) is 35.9. The maximum absolute atomic E-state index is 13.0. The van der Waals surface area contributed by atoms with Gasteiger partial charge in [-0.05, 0) is 104 Å². The predicted octanol–water partition coefficient (Wildman–Crippen LogP) is 7.25. The lowest BCUT2D eigenvalue weighted by Crippen LogP contribution is -2.64. The van der Waals surface area contributed by atoms with Gasteiger partial charge in [0.05, 0.1) is 18.8 Å². The fraction of sp³-hybridized carbons (Fsp3) is 0.902. The van der Waals surface area contributed by atoms with Crippen molar-refractivity contribution < 1.29 is 57.1 Å². The largest absolute Gasteiger partial charge is 0.463 e. The third-order valence-electron chi connectivity index (χ3n) is 15.3. The molecule has 7 fully saturated rings. The van der Waals surface area contributed by atoms with Crippen molar-refractivity contribution in [3.8, 4) is 0 Å². The highest BCUT2D eigenvalue weighted by molar-refractivity contribution is 6.75. The van der Waals surface area contributed by atoms with E-state index in [1.165, 1.54) is 19.8 Å². The van der Waals surface area contributed by atoms with Gasteiger partial charge in [0.25, 0.3) is 3.79 Å². The normalized spacial score (nSPS) is 47.1. The van der Waals surface area contributed by atoms with Gasteiger partial charge in [-0.3, -0.25) is 14.4 Å². The molecule has 4 aliphatic carbocycles. The monoisotopic (exact) mass is 848 g/mol. The van der Waals surface area contributed by atoms with Crippen LogP contribution in [-0.4, -0.2) is 89.6 Å². The molecule has 0 aromatic carbocycles. The van der Waals surface area contributed by atoms with Gasteiger partial charge in [0.15, 0.2) is 30.4 Å². The number of hydrogen-bond acceptors (Lipinski definition) is 12. The Morgan fingerprint density at radius 3 is 2.11 bits per heavy atom. The molecule has 1 spiro atoms. The lowest BCUT2D eigenvalue weighted by atomic mass is 9.44. The van der Waals surface area contributed by atoms with Gasteiger partial charge in [-0.2, -0.15) is 0 Å². The average molecular weight is 850 g/mol. The summed E-state index contributed by atoms with van der Waals surface area (Å²) in [5.41, 5.74) is 0.346. The van der Waals surface area contributed by atoms with E-state index in [2.05, 4.69) is 27.7 Å². The minimum Gasteiger partial charge on any atom is -0.463 e. The zero-order valence-electron chi connectivity index (χ0n) is 33.6. The van der Waals surface area contributed by atoms with E-state index in [1.807, 2.05) is 0 Å². The minimum absolute atomic E-state index is 0.117. The zero-order chi connectivity index (χ0) is 40.5. The molecule has 0 bridgehead atoms. The Hall–Kier alpha value is -1.41. The van der Waals surface area contributed by atoms with Crippen LogP contribution in [0.3, 0.4) is 0 Å². The summed E-state index contributed by atoms with van der Waals surface area (Å²) in [5.74, 6) is -0.0914. The maximum Gasteiger partial charge on any atom is 0.359 e. The summed E-state index contributed by atoms with van der Waals surface area (Å²) in [6.45, 7) is 13.7. The van der Waals surface area contributed by atoms with E-state index in [4.69, 9.17) is 72.7 Å². The molecule has 0 amide bonds. The highest BCUT2D eigenvalue weighted by Gasteiger charge is 2.69. The molecule has 0 aromatic heterocycles. The Morgan fingerprint density at radius 1 is 0.768 bits per heavy atom. The van der Waals surface area contributed by atoms with E-state index in [9.17, 15) is 19.2 Å². The van der Waals surface area contributed by atoms with Crippen LogP contribution in [-0.2, 0) is 57.1 Å². The summed E-state index contributed by atoms with van der Waals surface area (Å²) in [5, 5.41) is 0. The molecular formula is C41H59Cl3O12. The van der Waals surface area contributed by atoms with Gasteiger partial charge in [0.1, 0.15) is 12.7 Å². The van der Waals surface area contributed by atoms with Gasteiger partial charge < -0.3 is 37.9 Å². The first-order valence-electron chi connectivity index (χ1n) is 20.6. The molecule has 4 saturated carbocycles. The summed E-state index contributed by atoms with van der Waals surface area (Å²) in [4.78, 5) is 49.5. The highest BCUT2D eigenvalue weighted by Crippen LogP contribution is 2.71. The Morgan fingerprint density at radius 2 is 1.46 bits per heavy atom. The van der Waals surface area contributed by atoms with Crippen molar-refractivity contribution in [3.05, 3.63) is 0 Å². The van der Waals surface area contributed by atoms with E-state index in [-0.39, 0.29) is 29.6 Å². The minimum atomic E-state index is -2.48. The van der Waals surface area contributed by atoms with Crippen LogP contribution < -0.4 is 0 Å². The Labute approximate surface area is 345 Å². The van der Waals surface area contributed by atoms with Crippen molar-refractivity contribution in [1.29, 1.82) is 0 Å². The van der Waals surface area contributed by atoms with Gasteiger partial charge in [-0.15, -0.1) is 0 Å². The number of halogens is 3. The van der Waals surface area contributed by atoms with Crippen LogP contribution in [0.25, 0.3) is 0 Å². The molecule has 0 N–H and O–H groups in total. The van der Waals surface area contributed by atoms with Crippen molar-refractivity contribution in [2.45, 2.75) is 165 Å². The molecule has 3 heterocycles. The van der Waals surface area contributed by atoms with Crippen LogP contribution in [0, 0.1) is 52.3 Å². The molecule has 17 atom stereocenters. The molecule has 316 valence electrons. The van der Waals surface area contributed by atoms with Crippen LogP contribution in [0.15, 0.2) is 0 Å². The number of esters is 4. The molecular weight excluding hydrogens is 791 g/mol. The highest BCUT2D eigenvalue weighted by atomic mass is 35.6. The van der Waals surface area contributed by atoms with Gasteiger partial charge in [0.2, 0.25) is 0 Å². The second-order valence-electron chi connectivity index (χ2n) is 18.6. The van der Waals surface area contributed by atoms with Gasteiger partial charge >= 0.3 is 23.9 Å². The molecule has 1 unspecified atom stereocenters. The average Bonchev–Trinajstić information content (AvgIpc) is 3.56. The Bertz CT molecular complexity index is 1510. The van der Waals surface area contributed by atoms with E-state index in [1.54, 1.807) is 0 Å². The summed E-state index contributed by atoms with van der Waals surface area (Å²) in [6, 6.07) is 0. The molecule has 0 radical (unpaired) electrons. The standard InChI is InChI=1S/C41H59Cl3O12/c1-20-10-15-40(50-18-20)21(2)32-30(56-40)17-29-27-9-8-25-16-26(11-13-38(25,6)28(27)12-14-39(29,32)7)53-36-35(55-37(48)41(42,43)44)34(52-24(5)47)33(51-23(4)46)31(54-36)19-49-22(3)45/h20-21,25-36H,8-19H2,1-7H3/t20-,21-,25?,26-,27+,28-,29-,30-,31+,32-,33+,34-,35+,36-,38-,39-,40+/m0/s1. The van der Waals surface area contributed by atoms with E-state index < -0.39 is 64.2 Å². The SMILES string of the molecule is CC(=O)OC[C@H]1O[C@H](O[C@H]2CC[C@@]3(C)C(CC[C@H]4[C@@H]5C[C@@H]6O[C@]7(CC[C@H](C)CO7)[C@@H](C)[C@@H]6[C@@]5(C)CC[C@@H]43)C2)[C@H](OC(=O)C(Cl)(Cl)Cl)[C@@H](OC(C)=O)[C@@H]1OC(C)=O. The van der Waals surface area contributed by atoms with E-state index in [0.29, 0.717) is 47.8 Å². The number of carbonyl (C=O) groups excluding carboxylic acids is 4. The topological polar surface area (TPSA) is 142 Å². The number of ether oxygens (including phenoxy) is 8. The first-order chi connectivity index (χ1) is 26.3. The summed E-state index contributed by atoms with van der Waals surface area (Å²) in [6.07, 6.45) is 3.44. The molecule has 0 aromatic rings. The van der Waals surface area contributed by atoms with E-state index >= 15 is 0 Å². The van der Waals surface area contributed by atoms with E-state index in [0.717, 1.165) is 65.4 Å². The number of fused-ring (bicyclic) bond motifs is 7. The van der Waals surface area contributed by atoms with Crippen molar-refractivity contribution in [2.75, 3.05) is 13.2 Å². The summed E-state index contributed by atoms with van der Waals surface area (Å²) >= 11 is 17.7.